The average molecular weight is 339 g/mol. The van der Waals surface area contributed by atoms with Gasteiger partial charge in [0.2, 0.25) is 0 Å². The molecule has 1 amide bonds. The van der Waals surface area contributed by atoms with E-state index in [0.29, 0.717) is 13.0 Å². The van der Waals surface area contributed by atoms with Crippen LogP contribution in [0.25, 0.3) is 0 Å². The van der Waals surface area contributed by atoms with Crippen LogP contribution in [-0.4, -0.2) is 35.2 Å². The Hall–Kier alpha value is -2.82. The van der Waals surface area contributed by atoms with Crippen molar-refractivity contribution in [1.29, 1.82) is 0 Å². The van der Waals surface area contributed by atoms with Gasteiger partial charge in [-0.3, -0.25) is 4.79 Å². The third-order valence-corrected chi connectivity index (χ3v) is 4.53. The van der Waals surface area contributed by atoms with Crippen LogP contribution in [0.15, 0.2) is 60.7 Å². The first-order valence-corrected chi connectivity index (χ1v) is 8.37. The maximum Gasteiger partial charge on any atom is 0.410 e. The van der Waals surface area contributed by atoms with Gasteiger partial charge >= 0.3 is 12.1 Å². The van der Waals surface area contributed by atoms with Gasteiger partial charge in [0.1, 0.15) is 6.61 Å². The molecule has 0 unspecified atom stereocenters. The summed E-state index contributed by atoms with van der Waals surface area (Å²) in [6.07, 6.45) is 0.0673. The number of hydrogen-bond donors (Lipinski definition) is 1. The predicted molar refractivity (Wildman–Crippen MR) is 93.1 cm³/mol. The molecule has 0 saturated carbocycles. The van der Waals surface area contributed by atoms with Gasteiger partial charge in [-0.15, -0.1) is 0 Å². The van der Waals surface area contributed by atoms with Crippen molar-refractivity contribution in [1.82, 2.24) is 4.90 Å². The zero-order chi connectivity index (χ0) is 17.6. The number of nitrogens with zero attached hydrogens (tertiary/aromatic N) is 1. The third-order valence-electron chi connectivity index (χ3n) is 4.53. The zero-order valence-electron chi connectivity index (χ0n) is 13.9. The Morgan fingerprint density at radius 3 is 2.28 bits per heavy atom. The van der Waals surface area contributed by atoms with Crippen LogP contribution in [-0.2, 0) is 16.1 Å². The number of likely N-dealkylation sites (tertiary alicyclic amines) is 1. The number of rotatable bonds is 4. The van der Waals surface area contributed by atoms with Crippen LogP contribution in [0.4, 0.5) is 4.79 Å². The molecule has 130 valence electrons. The van der Waals surface area contributed by atoms with Crippen molar-refractivity contribution in [2.45, 2.75) is 18.9 Å². The fourth-order valence-corrected chi connectivity index (χ4v) is 3.20. The fourth-order valence-electron chi connectivity index (χ4n) is 3.20. The van der Waals surface area contributed by atoms with Crippen molar-refractivity contribution in [3.8, 4) is 0 Å². The molecule has 2 aromatic carbocycles. The Morgan fingerprint density at radius 2 is 1.64 bits per heavy atom. The molecule has 0 bridgehead atoms. The summed E-state index contributed by atoms with van der Waals surface area (Å²) >= 11 is 0. The monoisotopic (exact) mass is 339 g/mol. The molecule has 1 N–H and O–H groups in total. The maximum absolute atomic E-state index is 12.4. The highest BCUT2D eigenvalue weighted by Gasteiger charge is 2.35. The summed E-state index contributed by atoms with van der Waals surface area (Å²) in [5.41, 5.74) is 1.96. The molecule has 1 heterocycles. The van der Waals surface area contributed by atoms with E-state index in [-0.39, 0.29) is 19.1 Å². The quantitative estimate of drug-likeness (QED) is 0.925. The van der Waals surface area contributed by atoms with E-state index in [4.69, 9.17) is 4.74 Å². The number of ether oxygens (including phenoxy) is 1. The number of carboxylic acid groups (broad SMARTS) is 1. The second-order valence-electron chi connectivity index (χ2n) is 6.32. The lowest BCUT2D eigenvalue weighted by Gasteiger charge is -2.35. The molecule has 0 aliphatic carbocycles. The van der Waals surface area contributed by atoms with E-state index in [9.17, 15) is 14.7 Å². The van der Waals surface area contributed by atoms with Gasteiger partial charge in [-0.05, 0) is 17.5 Å². The van der Waals surface area contributed by atoms with Gasteiger partial charge in [0.15, 0.2) is 0 Å². The normalized spacial score (nSPS) is 20.1. The lowest BCUT2D eigenvalue weighted by Crippen LogP contribution is -2.45. The molecule has 0 aromatic heterocycles. The van der Waals surface area contributed by atoms with Crippen LogP contribution < -0.4 is 0 Å². The van der Waals surface area contributed by atoms with Crippen molar-refractivity contribution < 1.29 is 19.4 Å². The number of carbonyl (C=O) groups excluding carboxylic acids is 1. The number of carboxylic acids is 1. The highest BCUT2D eigenvalue weighted by atomic mass is 16.6. The summed E-state index contributed by atoms with van der Waals surface area (Å²) in [4.78, 5) is 25.4. The second kappa shape index (κ2) is 7.83. The summed E-state index contributed by atoms with van der Waals surface area (Å²) in [6.45, 7) is 0.845. The first-order chi connectivity index (χ1) is 12.1. The van der Waals surface area contributed by atoms with E-state index in [0.717, 1.165) is 11.1 Å². The van der Waals surface area contributed by atoms with E-state index in [1.54, 1.807) is 0 Å². The maximum atomic E-state index is 12.4. The van der Waals surface area contributed by atoms with Crippen LogP contribution >= 0.6 is 0 Å². The predicted octanol–water partition coefficient (Wildman–Crippen LogP) is 3.51. The Kier molecular flexibility index (Phi) is 5.33. The van der Waals surface area contributed by atoms with E-state index in [1.165, 1.54) is 4.90 Å². The van der Waals surface area contributed by atoms with Crippen molar-refractivity contribution in [3.05, 3.63) is 71.8 Å². The van der Waals surface area contributed by atoms with Crippen LogP contribution in [0.3, 0.4) is 0 Å². The SMILES string of the molecule is O=C(O)[C@@H]1C[C@H](c2ccccc2)CN(C(=O)OCc2ccccc2)C1. The molecule has 1 aliphatic heterocycles. The Balaban J connectivity index is 1.68. The van der Waals surface area contributed by atoms with Crippen molar-refractivity contribution in [2.75, 3.05) is 13.1 Å². The molecule has 5 nitrogen and oxygen atoms in total. The van der Waals surface area contributed by atoms with E-state index in [1.807, 2.05) is 60.7 Å². The van der Waals surface area contributed by atoms with Crippen LogP contribution in [0.5, 0.6) is 0 Å². The fraction of sp³-hybridized carbons (Fsp3) is 0.300. The van der Waals surface area contributed by atoms with Gasteiger partial charge in [-0.25, -0.2) is 4.79 Å². The molecule has 25 heavy (non-hydrogen) atoms. The van der Waals surface area contributed by atoms with Crippen LogP contribution in [0.2, 0.25) is 0 Å². The summed E-state index contributed by atoms with van der Waals surface area (Å²) in [5.74, 6) is -1.45. The van der Waals surface area contributed by atoms with E-state index >= 15 is 0 Å². The largest absolute Gasteiger partial charge is 0.481 e. The van der Waals surface area contributed by atoms with Crippen molar-refractivity contribution in [2.24, 2.45) is 5.92 Å². The molecule has 2 aromatic rings. The molecule has 1 saturated heterocycles. The highest BCUT2D eigenvalue weighted by Crippen LogP contribution is 2.30. The first-order valence-electron chi connectivity index (χ1n) is 8.37. The lowest BCUT2D eigenvalue weighted by atomic mass is 9.85. The average Bonchev–Trinajstić information content (AvgIpc) is 2.67. The van der Waals surface area contributed by atoms with Crippen molar-refractivity contribution in [3.63, 3.8) is 0 Å². The Morgan fingerprint density at radius 1 is 1.00 bits per heavy atom. The number of amides is 1. The summed E-state index contributed by atoms with van der Waals surface area (Å²) < 4.78 is 5.37. The number of carbonyl (C=O) groups is 2. The zero-order valence-corrected chi connectivity index (χ0v) is 13.9. The van der Waals surface area contributed by atoms with Gasteiger partial charge in [-0.2, -0.15) is 0 Å². The standard InChI is InChI=1S/C20H21NO4/c22-19(23)18-11-17(16-9-5-2-6-10-16)12-21(13-18)20(24)25-14-15-7-3-1-4-8-15/h1-10,17-18H,11-14H2,(H,22,23)/t17-,18+/m0/s1. The van der Waals surface area contributed by atoms with Crippen LogP contribution in [0.1, 0.15) is 23.5 Å². The van der Waals surface area contributed by atoms with Gasteiger partial charge < -0.3 is 14.7 Å². The lowest BCUT2D eigenvalue weighted by molar-refractivity contribution is -0.143. The van der Waals surface area contributed by atoms with Crippen LogP contribution in [0, 0.1) is 5.92 Å². The Bertz CT molecular complexity index is 717. The minimum absolute atomic E-state index is 0.000301. The summed E-state index contributed by atoms with van der Waals surface area (Å²) in [5, 5.41) is 9.43. The number of benzene rings is 2. The minimum Gasteiger partial charge on any atom is -0.481 e. The van der Waals surface area contributed by atoms with E-state index < -0.39 is 18.0 Å². The number of hydrogen-bond acceptors (Lipinski definition) is 3. The molecule has 1 aliphatic rings. The van der Waals surface area contributed by atoms with E-state index in [2.05, 4.69) is 0 Å². The smallest absolute Gasteiger partial charge is 0.410 e. The number of aliphatic carboxylic acids is 1. The summed E-state index contributed by atoms with van der Waals surface area (Å²) in [6, 6.07) is 19.2. The number of piperidine rings is 1. The molecular weight excluding hydrogens is 318 g/mol. The van der Waals surface area contributed by atoms with Gasteiger partial charge in [0.25, 0.3) is 0 Å². The molecule has 0 spiro atoms. The molecule has 3 rings (SSSR count). The minimum atomic E-state index is -0.874. The van der Waals surface area contributed by atoms with Gasteiger partial charge in [-0.1, -0.05) is 60.7 Å². The topological polar surface area (TPSA) is 66.8 Å². The third kappa shape index (κ3) is 4.38. The Labute approximate surface area is 146 Å². The molecule has 0 radical (unpaired) electrons. The first kappa shape index (κ1) is 17.0. The van der Waals surface area contributed by atoms with Gasteiger partial charge in [0, 0.05) is 19.0 Å². The molecular formula is C20H21NO4. The molecule has 5 heteroatoms. The summed E-state index contributed by atoms with van der Waals surface area (Å²) in [7, 11) is 0. The second-order valence-corrected chi connectivity index (χ2v) is 6.32. The molecule has 1 fully saturated rings. The molecule has 2 atom stereocenters. The van der Waals surface area contributed by atoms with Gasteiger partial charge in [0.05, 0.1) is 5.92 Å². The van der Waals surface area contributed by atoms with Crippen molar-refractivity contribution >= 4 is 12.1 Å². The highest BCUT2D eigenvalue weighted by molar-refractivity contribution is 5.73.